The quantitative estimate of drug-likeness (QED) is 0.818. The molecule has 2 rings (SSSR count). The van der Waals surface area contributed by atoms with E-state index in [9.17, 15) is 9.59 Å². The minimum Gasteiger partial charge on any atom is -0.368 e. The SMILES string of the molecule is NC(=O)C1CCCN1C(=O)c1ccc(Cl)nn1. The highest BCUT2D eigenvalue weighted by Gasteiger charge is 2.33. The molecule has 1 saturated heterocycles. The third-order valence-corrected chi connectivity index (χ3v) is 2.89. The van der Waals surface area contributed by atoms with Gasteiger partial charge in [-0.05, 0) is 25.0 Å². The molecule has 0 saturated carbocycles. The number of carbonyl (C=O) groups excluding carboxylic acids is 2. The van der Waals surface area contributed by atoms with Crippen molar-refractivity contribution in [3.63, 3.8) is 0 Å². The van der Waals surface area contributed by atoms with Crippen molar-refractivity contribution in [2.45, 2.75) is 18.9 Å². The first-order chi connectivity index (χ1) is 8.09. The van der Waals surface area contributed by atoms with Gasteiger partial charge in [-0.3, -0.25) is 9.59 Å². The summed E-state index contributed by atoms with van der Waals surface area (Å²) in [7, 11) is 0. The molecule has 1 aliphatic heterocycles. The number of primary amides is 1. The van der Waals surface area contributed by atoms with Crippen molar-refractivity contribution in [2.24, 2.45) is 5.73 Å². The zero-order valence-corrected chi connectivity index (χ0v) is 9.72. The van der Waals surface area contributed by atoms with Crippen molar-refractivity contribution in [2.75, 3.05) is 6.54 Å². The average molecular weight is 255 g/mol. The molecule has 1 fully saturated rings. The third-order valence-electron chi connectivity index (χ3n) is 2.69. The number of hydrogen-bond donors (Lipinski definition) is 1. The smallest absolute Gasteiger partial charge is 0.275 e. The van der Waals surface area contributed by atoms with E-state index in [-0.39, 0.29) is 16.8 Å². The first kappa shape index (κ1) is 11.8. The Hall–Kier alpha value is -1.69. The number of hydrogen-bond acceptors (Lipinski definition) is 4. The van der Waals surface area contributed by atoms with Crippen molar-refractivity contribution in [3.8, 4) is 0 Å². The van der Waals surface area contributed by atoms with Crippen molar-refractivity contribution < 1.29 is 9.59 Å². The fourth-order valence-corrected chi connectivity index (χ4v) is 1.98. The summed E-state index contributed by atoms with van der Waals surface area (Å²) in [6.07, 6.45) is 1.36. The Labute approximate surface area is 103 Å². The van der Waals surface area contributed by atoms with Gasteiger partial charge in [0.25, 0.3) is 5.91 Å². The van der Waals surface area contributed by atoms with Gasteiger partial charge in [-0.25, -0.2) is 0 Å². The molecule has 6 nitrogen and oxygen atoms in total. The summed E-state index contributed by atoms with van der Waals surface area (Å²) >= 11 is 5.58. The Bertz CT molecular complexity index is 448. The van der Waals surface area contributed by atoms with Crippen LogP contribution in [0.5, 0.6) is 0 Å². The second-order valence-corrected chi connectivity index (χ2v) is 4.19. The van der Waals surface area contributed by atoms with Crippen LogP contribution in [0.25, 0.3) is 0 Å². The van der Waals surface area contributed by atoms with Gasteiger partial charge in [-0.2, -0.15) is 0 Å². The summed E-state index contributed by atoms with van der Waals surface area (Å²) in [6, 6.07) is 2.42. The van der Waals surface area contributed by atoms with Crippen molar-refractivity contribution in [1.29, 1.82) is 0 Å². The summed E-state index contributed by atoms with van der Waals surface area (Å²) in [5.41, 5.74) is 5.41. The molecule has 1 unspecified atom stereocenters. The Morgan fingerprint density at radius 3 is 2.76 bits per heavy atom. The fourth-order valence-electron chi connectivity index (χ4n) is 1.88. The Balaban J connectivity index is 2.19. The molecule has 1 aromatic heterocycles. The van der Waals surface area contributed by atoms with Crippen molar-refractivity contribution in [3.05, 3.63) is 23.0 Å². The van der Waals surface area contributed by atoms with E-state index >= 15 is 0 Å². The van der Waals surface area contributed by atoms with Gasteiger partial charge in [0.05, 0.1) is 0 Å². The molecule has 1 aromatic rings. The summed E-state index contributed by atoms with van der Waals surface area (Å²) in [4.78, 5) is 24.6. The molecule has 1 aliphatic rings. The molecule has 2 amide bonds. The van der Waals surface area contributed by atoms with Crippen LogP contribution < -0.4 is 5.73 Å². The lowest BCUT2D eigenvalue weighted by Crippen LogP contribution is -2.44. The zero-order chi connectivity index (χ0) is 12.4. The number of nitrogens with zero attached hydrogens (tertiary/aromatic N) is 3. The van der Waals surface area contributed by atoms with Gasteiger partial charge in [-0.1, -0.05) is 11.6 Å². The summed E-state index contributed by atoms with van der Waals surface area (Å²) in [5.74, 6) is -0.826. The lowest BCUT2D eigenvalue weighted by Gasteiger charge is -2.21. The molecule has 0 bridgehead atoms. The van der Waals surface area contributed by atoms with E-state index in [0.29, 0.717) is 13.0 Å². The Morgan fingerprint density at radius 1 is 1.41 bits per heavy atom. The number of likely N-dealkylation sites (tertiary alicyclic amines) is 1. The predicted molar refractivity (Wildman–Crippen MR) is 60.3 cm³/mol. The van der Waals surface area contributed by atoms with Crippen molar-refractivity contribution in [1.82, 2.24) is 15.1 Å². The molecule has 0 radical (unpaired) electrons. The lowest BCUT2D eigenvalue weighted by atomic mass is 10.2. The molecular formula is C10H11ClN4O2. The van der Waals surface area contributed by atoms with Gasteiger partial charge in [0.2, 0.25) is 5.91 Å². The van der Waals surface area contributed by atoms with Gasteiger partial charge >= 0.3 is 0 Å². The van der Waals surface area contributed by atoms with Gasteiger partial charge in [-0.15, -0.1) is 10.2 Å². The molecule has 0 aliphatic carbocycles. The van der Waals surface area contributed by atoms with E-state index in [4.69, 9.17) is 17.3 Å². The van der Waals surface area contributed by atoms with Gasteiger partial charge in [0.15, 0.2) is 10.8 Å². The highest BCUT2D eigenvalue weighted by Crippen LogP contribution is 2.19. The van der Waals surface area contributed by atoms with Crippen LogP contribution in [0.15, 0.2) is 12.1 Å². The van der Waals surface area contributed by atoms with Crippen LogP contribution in [0, 0.1) is 0 Å². The third kappa shape index (κ3) is 2.36. The number of nitrogens with two attached hydrogens (primary N) is 1. The van der Waals surface area contributed by atoms with Crippen LogP contribution in [0.3, 0.4) is 0 Å². The first-order valence-corrected chi connectivity index (χ1v) is 5.57. The minimum absolute atomic E-state index is 0.169. The maximum atomic E-state index is 12.0. The molecule has 2 N–H and O–H groups in total. The number of halogens is 1. The topological polar surface area (TPSA) is 89.2 Å². The van der Waals surface area contributed by atoms with E-state index in [1.807, 2.05) is 0 Å². The first-order valence-electron chi connectivity index (χ1n) is 5.19. The van der Waals surface area contributed by atoms with Gasteiger partial charge < -0.3 is 10.6 Å². The van der Waals surface area contributed by atoms with Crippen molar-refractivity contribution >= 4 is 23.4 Å². The van der Waals surface area contributed by atoms with E-state index < -0.39 is 11.9 Å². The summed E-state index contributed by atoms with van der Waals surface area (Å²) in [5, 5.41) is 7.50. The maximum absolute atomic E-state index is 12.0. The lowest BCUT2D eigenvalue weighted by molar-refractivity contribution is -0.121. The van der Waals surface area contributed by atoms with Crippen LogP contribution in [0.1, 0.15) is 23.3 Å². The molecule has 17 heavy (non-hydrogen) atoms. The van der Waals surface area contributed by atoms with Gasteiger partial charge in [0.1, 0.15) is 6.04 Å². The Kier molecular flexibility index (Phi) is 3.23. The molecule has 0 spiro atoms. The van der Waals surface area contributed by atoms with Crippen LogP contribution in [-0.4, -0.2) is 39.5 Å². The summed E-state index contributed by atoms with van der Waals surface area (Å²) < 4.78 is 0. The second-order valence-electron chi connectivity index (χ2n) is 3.80. The van der Waals surface area contributed by atoms with E-state index in [2.05, 4.69) is 10.2 Å². The number of aromatic nitrogens is 2. The van der Waals surface area contributed by atoms with E-state index in [1.54, 1.807) is 0 Å². The standard InChI is InChI=1S/C10H11ClN4O2/c11-8-4-3-6(13-14-8)10(17)15-5-1-2-7(15)9(12)16/h3-4,7H,1-2,5H2,(H2,12,16). The summed E-state index contributed by atoms with van der Waals surface area (Å²) in [6.45, 7) is 0.511. The maximum Gasteiger partial charge on any atom is 0.275 e. The van der Waals surface area contributed by atoms with E-state index in [0.717, 1.165) is 6.42 Å². The molecular weight excluding hydrogens is 244 g/mol. The monoisotopic (exact) mass is 254 g/mol. The molecule has 0 aromatic carbocycles. The predicted octanol–water partition coefficient (Wildman–Crippen LogP) is 0.220. The normalized spacial score (nSPS) is 19.4. The van der Waals surface area contributed by atoms with Crippen LogP contribution in [0.2, 0.25) is 5.15 Å². The largest absolute Gasteiger partial charge is 0.368 e. The highest BCUT2D eigenvalue weighted by atomic mass is 35.5. The average Bonchev–Trinajstić information content (AvgIpc) is 2.78. The minimum atomic E-state index is -0.542. The number of carbonyl (C=O) groups is 2. The highest BCUT2D eigenvalue weighted by molar-refractivity contribution is 6.29. The van der Waals surface area contributed by atoms with Crippen LogP contribution >= 0.6 is 11.6 Å². The second kappa shape index (κ2) is 4.67. The number of rotatable bonds is 2. The Morgan fingerprint density at radius 2 is 2.18 bits per heavy atom. The molecule has 2 heterocycles. The van der Waals surface area contributed by atoms with Crippen LogP contribution in [0.4, 0.5) is 0 Å². The number of amides is 2. The molecule has 90 valence electrons. The fraction of sp³-hybridized carbons (Fsp3) is 0.400. The van der Waals surface area contributed by atoms with E-state index in [1.165, 1.54) is 17.0 Å². The van der Waals surface area contributed by atoms with Gasteiger partial charge in [0, 0.05) is 6.54 Å². The van der Waals surface area contributed by atoms with Crippen LogP contribution in [-0.2, 0) is 4.79 Å². The molecule has 7 heteroatoms. The zero-order valence-electron chi connectivity index (χ0n) is 8.97. The molecule has 1 atom stereocenters.